The second-order valence-corrected chi connectivity index (χ2v) is 11.0. The van der Waals surface area contributed by atoms with Gasteiger partial charge in [0.15, 0.2) is 0 Å². The number of piperidine rings is 1. The zero-order chi connectivity index (χ0) is 27.3. The van der Waals surface area contributed by atoms with Gasteiger partial charge in [0, 0.05) is 34.3 Å². The highest BCUT2D eigenvalue weighted by atomic mass is 35.5. The van der Waals surface area contributed by atoms with E-state index in [9.17, 15) is 18.7 Å². The van der Waals surface area contributed by atoms with Crippen molar-refractivity contribution in [2.75, 3.05) is 39.6 Å². The first-order chi connectivity index (χ1) is 18.3. The predicted octanol–water partition coefficient (Wildman–Crippen LogP) is 6.04. The van der Waals surface area contributed by atoms with Crippen LogP contribution in [0.1, 0.15) is 37.4 Å². The highest BCUT2D eigenvalue weighted by Gasteiger charge is 2.42. The number of esters is 1. The van der Waals surface area contributed by atoms with Crippen molar-refractivity contribution in [1.82, 2.24) is 9.88 Å². The lowest BCUT2D eigenvalue weighted by Gasteiger charge is -2.40. The van der Waals surface area contributed by atoms with Crippen molar-refractivity contribution < 1.29 is 28.2 Å². The molecule has 1 unspecified atom stereocenters. The SMILES string of the molecule is COC(=O)C1(CCC(O)c2c(Cl)cnc3ccc(OC)cc23)CCN(CCSc2cc(F)ccc2F)CC1. The number of rotatable bonds is 10. The Bertz CT molecular complexity index is 1290. The fourth-order valence-electron chi connectivity index (χ4n) is 5.04. The molecule has 1 aromatic heterocycles. The van der Waals surface area contributed by atoms with E-state index in [2.05, 4.69) is 9.88 Å². The Morgan fingerprint density at radius 2 is 1.97 bits per heavy atom. The van der Waals surface area contributed by atoms with Gasteiger partial charge >= 0.3 is 5.97 Å². The maximum absolute atomic E-state index is 13.9. The van der Waals surface area contributed by atoms with E-state index in [1.54, 1.807) is 19.2 Å². The summed E-state index contributed by atoms with van der Waals surface area (Å²) in [5.41, 5.74) is 0.534. The number of carbonyl (C=O) groups excluding carboxylic acids is 1. The average Bonchev–Trinajstić information content (AvgIpc) is 2.93. The number of ether oxygens (including phenoxy) is 2. The quantitative estimate of drug-likeness (QED) is 0.238. The minimum Gasteiger partial charge on any atom is -0.497 e. The lowest BCUT2D eigenvalue weighted by atomic mass is 9.74. The molecule has 1 saturated heterocycles. The maximum atomic E-state index is 13.9. The summed E-state index contributed by atoms with van der Waals surface area (Å²) in [5.74, 6) is 0.0528. The largest absolute Gasteiger partial charge is 0.497 e. The average molecular weight is 565 g/mol. The molecule has 10 heteroatoms. The molecule has 0 spiro atoms. The van der Waals surface area contributed by atoms with Crippen LogP contribution in [0.4, 0.5) is 8.78 Å². The van der Waals surface area contributed by atoms with Gasteiger partial charge < -0.3 is 19.5 Å². The van der Waals surface area contributed by atoms with Crippen LogP contribution in [0.25, 0.3) is 10.9 Å². The minimum atomic E-state index is -0.905. The van der Waals surface area contributed by atoms with Gasteiger partial charge in [0.1, 0.15) is 17.4 Å². The summed E-state index contributed by atoms with van der Waals surface area (Å²) >= 11 is 7.74. The molecule has 0 radical (unpaired) electrons. The molecular weight excluding hydrogens is 534 g/mol. The minimum absolute atomic E-state index is 0.284. The van der Waals surface area contributed by atoms with Crippen LogP contribution in [-0.4, -0.2) is 60.6 Å². The van der Waals surface area contributed by atoms with Crippen molar-refractivity contribution >= 4 is 40.2 Å². The van der Waals surface area contributed by atoms with Gasteiger partial charge in [-0.1, -0.05) is 11.6 Å². The predicted molar refractivity (Wildman–Crippen MR) is 145 cm³/mol. The summed E-state index contributed by atoms with van der Waals surface area (Å²) in [6.45, 7) is 2.00. The zero-order valence-electron chi connectivity index (χ0n) is 21.4. The molecule has 38 heavy (non-hydrogen) atoms. The number of fused-ring (bicyclic) bond motifs is 1. The zero-order valence-corrected chi connectivity index (χ0v) is 23.0. The van der Waals surface area contributed by atoms with Crippen LogP contribution < -0.4 is 4.74 Å². The molecule has 1 aliphatic heterocycles. The highest BCUT2D eigenvalue weighted by Crippen LogP contribution is 2.41. The number of likely N-dealkylation sites (tertiary alicyclic amines) is 1. The Kier molecular flexibility index (Phi) is 9.46. The number of hydrogen-bond donors (Lipinski definition) is 1. The highest BCUT2D eigenvalue weighted by molar-refractivity contribution is 7.99. The van der Waals surface area contributed by atoms with Crippen molar-refractivity contribution in [1.29, 1.82) is 0 Å². The van der Waals surface area contributed by atoms with Gasteiger partial charge in [-0.15, -0.1) is 11.8 Å². The van der Waals surface area contributed by atoms with Gasteiger partial charge in [-0.25, -0.2) is 8.78 Å². The van der Waals surface area contributed by atoms with E-state index >= 15 is 0 Å². The van der Waals surface area contributed by atoms with Crippen LogP contribution >= 0.6 is 23.4 Å². The van der Waals surface area contributed by atoms with E-state index in [0.29, 0.717) is 83.2 Å². The maximum Gasteiger partial charge on any atom is 0.311 e. The molecule has 3 aromatic rings. The standard InChI is InChI=1S/C28H31ClF2N2O4S/c1-36-19-4-6-23-20(16-19)26(21(29)17-32-23)24(34)7-8-28(27(35)37-2)9-11-33(12-10-28)13-14-38-25-15-18(30)3-5-22(25)31/h3-6,15-17,24,34H,7-14H2,1-2H3. The summed E-state index contributed by atoms with van der Waals surface area (Å²) in [5, 5.41) is 12.3. The Morgan fingerprint density at radius 1 is 1.21 bits per heavy atom. The van der Waals surface area contributed by atoms with E-state index < -0.39 is 23.2 Å². The third kappa shape index (κ3) is 6.39. The van der Waals surface area contributed by atoms with Crippen molar-refractivity contribution in [2.45, 2.75) is 36.7 Å². The smallest absolute Gasteiger partial charge is 0.311 e. The number of hydrogen-bond acceptors (Lipinski definition) is 7. The summed E-state index contributed by atoms with van der Waals surface area (Å²) in [6.07, 6.45) is 2.52. The first-order valence-electron chi connectivity index (χ1n) is 12.4. The van der Waals surface area contributed by atoms with Gasteiger partial charge in [0.2, 0.25) is 0 Å². The number of nitrogens with zero attached hydrogens (tertiary/aromatic N) is 2. The molecule has 2 aromatic carbocycles. The van der Waals surface area contributed by atoms with E-state index in [4.69, 9.17) is 21.1 Å². The summed E-state index contributed by atoms with van der Waals surface area (Å²) < 4.78 is 37.8. The van der Waals surface area contributed by atoms with Crippen LogP contribution in [0, 0.1) is 17.0 Å². The fraction of sp³-hybridized carbons (Fsp3) is 0.429. The van der Waals surface area contributed by atoms with Crippen molar-refractivity contribution in [3.63, 3.8) is 0 Å². The third-order valence-corrected chi connectivity index (χ3v) is 8.60. The molecule has 4 rings (SSSR count). The van der Waals surface area contributed by atoms with E-state index in [1.165, 1.54) is 31.1 Å². The van der Waals surface area contributed by atoms with Crippen LogP contribution in [0.15, 0.2) is 47.5 Å². The van der Waals surface area contributed by atoms with Crippen LogP contribution in [0.2, 0.25) is 5.02 Å². The Labute approximate surface area is 230 Å². The van der Waals surface area contributed by atoms with Crippen LogP contribution in [-0.2, 0) is 9.53 Å². The van der Waals surface area contributed by atoms with Crippen LogP contribution in [0.5, 0.6) is 5.75 Å². The number of halogens is 3. The van der Waals surface area contributed by atoms with Crippen LogP contribution in [0.3, 0.4) is 0 Å². The molecule has 1 aliphatic rings. The summed E-state index contributed by atoms with van der Waals surface area (Å²) in [4.78, 5) is 19.8. The Balaban J connectivity index is 1.40. The first-order valence-corrected chi connectivity index (χ1v) is 13.8. The number of thioether (sulfide) groups is 1. The van der Waals surface area contributed by atoms with Crippen molar-refractivity contribution in [3.05, 3.63) is 64.8 Å². The number of aromatic nitrogens is 1. The third-order valence-electron chi connectivity index (χ3n) is 7.29. The molecule has 6 nitrogen and oxygen atoms in total. The van der Waals surface area contributed by atoms with Gasteiger partial charge in [-0.2, -0.15) is 0 Å². The Hall–Kier alpha value is -2.46. The molecule has 0 saturated carbocycles. The lowest BCUT2D eigenvalue weighted by Crippen LogP contribution is -2.45. The van der Waals surface area contributed by atoms with E-state index in [1.807, 2.05) is 6.07 Å². The molecule has 2 heterocycles. The number of methoxy groups -OCH3 is 2. The van der Waals surface area contributed by atoms with Gasteiger partial charge in [0.05, 0.1) is 36.3 Å². The summed E-state index contributed by atoms with van der Waals surface area (Å²) in [7, 11) is 2.96. The Morgan fingerprint density at radius 3 is 2.68 bits per heavy atom. The van der Waals surface area contributed by atoms with E-state index in [0.717, 1.165) is 12.1 Å². The van der Waals surface area contributed by atoms with Gasteiger partial charge in [0.25, 0.3) is 0 Å². The molecule has 0 aliphatic carbocycles. The second kappa shape index (κ2) is 12.6. The summed E-state index contributed by atoms with van der Waals surface area (Å²) in [6, 6.07) is 8.86. The molecule has 204 valence electrons. The topological polar surface area (TPSA) is 71.9 Å². The molecule has 0 bridgehead atoms. The van der Waals surface area contributed by atoms with E-state index in [-0.39, 0.29) is 5.97 Å². The molecule has 1 atom stereocenters. The molecule has 0 amide bonds. The van der Waals surface area contributed by atoms with Crippen molar-refractivity contribution in [3.8, 4) is 5.75 Å². The number of pyridine rings is 1. The van der Waals surface area contributed by atoms with Gasteiger partial charge in [-0.3, -0.25) is 9.78 Å². The number of aliphatic hydroxyl groups is 1. The second-order valence-electron chi connectivity index (χ2n) is 9.49. The lowest BCUT2D eigenvalue weighted by molar-refractivity contribution is -0.157. The molecule has 1 N–H and O–H groups in total. The van der Waals surface area contributed by atoms with Crippen molar-refractivity contribution in [2.24, 2.45) is 5.41 Å². The number of carbonyl (C=O) groups is 1. The number of benzene rings is 2. The van der Waals surface area contributed by atoms with Gasteiger partial charge in [-0.05, 0) is 75.2 Å². The first kappa shape index (κ1) is 28.5. The fourth-order valence-corrected chi connectivity index (χ4v) is 6.29. The molecular formula is C28H31ClF2N2O4S. The normalized spacial score (nSPS) is 16.4. The molecule has 1 fully saturated rings. The number of aliphatic hydroxyl groups excluding tert-OH is 1. The monoisotopic (exact) mass is 564 g/mol.